The molecule has 0 saturated carbocycles. The number of halogens is 2. The fourth-order valence-electron chi connectivity index (χ4n) is 0.644. The van der Waals surface area contributed by atoms with Gasteiger partial charge in [-0.3, -0.25) is 4.79 Å². The number of benzene rings is 1. The molecule has 12 heavy (non-hydrogen) atoms. The van der Waals surface area contributed by atoms with Crippen molar-refractivity contribution in [1.82, 2.24) is 0 Å². The zero-order valence-corrected chi connectivity index (χ0v) is 9.39. The fraction of sp³-hybridized carbons (Fsp3) is 0. The molecule has 1 N–H and O–H groups in total. The molecular weight excluding hydrogens is 193 g/mol. The summed E-state index contributed by atoms with van der Waals surface area (Å²) < 4.78 is 24.9. The van der Waals surface area contributed by atoms with Gasteiger partial charge in [-0.1, -0.05) is 0 Å². The van der Waals surface area contributed by atoms with Gasteiger partial charge < -0.3 is 5.11 Å². The molecule has 0 aliphatic heterocycles. The summed E-state index contributed by atoms with van der Waals surface area (Å²) in [5, 5.41) is 8.25. The Labute approximate surface area is 110 Å². The number of rotatable bonds is 1. The second kappa shape index (κ2) is 5.03. The Kier molecular flexibility index (Phi) is 5.11. The molecule has 0 atom stereocenters. The Morgan fingerprint density at radius 2 is 2.08 bits per heavy atom. The molecule has 5 heteroatoms. The first-order valence-corrected chi connectivity index (χ1v) is 2.72. The van der Waals surface area contributed by atoms with Crippen LogP contribution in [0.3, 0.4) is 0 Å². The maximum absolute atomic E-state index is 12.5. The SMILES string of the molecule is O=C(O)c1c(F)[c-]ccc1F.[K+]. The van der Waals surface area contributed by atoms with E-state index in [1.165, 1.54) is 0 Å². The minimum atomic E-state index is -1.63. The van der Waals surface area contributed by atoms with Crippen molar-refractivity contribution in [3.8, 4) is 0 Å². The predicted octanol–water partition coefficient (Wildman–Crippen LogP) is -1.53. The Balaban J connectivity index is 0.00000121. The maximum Gasteiger partial charge on any atom is 1.00 e. The van der Waals surface area contributed by atoms with Gasteiger partial charge in [0.05, 0.1) is 0 Å². The van der Waals surface area contributed by atoms with Gasteiger partial charge in [0.25, 0.3) is 5.97 Å². The predicted molar refractivity (Wildman–Crippen MR) is 32.2 cm³/mol. The van der Waals surface area contributed by atoms with E-state index in [0.29, 0.717) is 0 Å². The zero-order chi connectivity index (χ0) is 8.43. The van der Waals surface area contributed by atoms with E-state index in [2.05, 4.69) is 0 Å². The number of aromatic carboxylic acids is 1. The van der Waals surface area contributed by atoms with E-state index < -0.39 is 23.2 Å². The van der Waals surface area contributed by atoms with Crippen LogP contribution < -0.4 is 51.4 Å². The molecule has 0 radical (unpaired) electrons. The van der Waals surface area contributed by atoms with Gasteiger partial charge in [0.2, 0.25) is 0 Å². The van der Waals surface area contributed by atoms with Gasteiger partial charge in [-0.05, 0) is 0 Å². The molecule has 0 aliphatic carbocycles. The van der Waals surface area contributed by atoms with Crippen molar-refractivity contribution in [3.05, 3.63) is 35.4 Å². The number of carbonyl (C=O) groups is 1. The molecule has 0 spiro atoms. The van der Waals surface area contributed by atoms with Crippen molar-refractivity contribution in [2.75, 3.05) is 0 Å². The first-order chi connectivity index (χ1) is 5.13. The van der Waals surface area contributed by atoms with Crippen molar-refractivity contribution in [1.29, 1.82) is 0 Å². The van der Waals surface area contributed by atoms with Gasteiger partial charge in [0.15, 0.2) is 0 Å². The number of hydrogen-bond acceptors (Lipinski definition) is 1. The maximum atomic E-state index is 12.5. The van der Waals surface area contributed by atoms with Crippen molar-refractivity contribution < 1.29 is 70.1 Å². The van der Waals surface area contributed by atoms with Crippen LogP contribution in [-0.2, 0) is 0 Å². The van der Waals surface area contributed by atoms with Crippen LogP contribution in [0.4, 0.5) is 8.78 Å². The molecule has 0 heterocycles. The molecule has 0 aromatic heterocycles. The summed E-state index contributed by atoms with van der Waals surface area (Å²) in [7, 11) is 0. The van der Waals surface area contributed by atoms with E-state index in [9.17, 15) is 13.6 Å². The molecular formula is C7H3F2KO2. The van der Waals surface area contributed by atoms with Crippen molar-refractivity contribution >= 4 is 5.97 Å². The minimum Gasteiger partial charge on any atom is -0.487 e. The fourth-order valence-corrected chi connectivity index (χ4v) is 0.644. The zero-order valence-electron chi connectivity index (χ0n) is 6.27. The van der Waals surface area contributed by atoms with E-state index >= 15 is 0 Å². The van der Waals surface area contributed by atoms with Crippen LogP contribution in [0.1, 0.15) is 10.4 Å². The number of hydrogen-bond donors (Lipinski definition) is 1. The quantitative estimate of drug-likeness (QED) is 0.437. The van der Waals surface area contributed by atoms with Crippen LogP contribution >= 0.6 is 0 Å². The molecule has 0 aliphatic rings. The molecule has 0 unspecified atom stereocenters. The summed E-state index contributed by atoms with van der Waals surface area (Å²) in [6.07, 6.45) is 0. The van der Waals surface area contributed by atoms with Gasteiger partial charge >= 0.3 is 51.4 Å². The average Bonchev–Trinajstić information content (AvgIpc) is 1.85. The summed E-state index contributed by atoms with van der Waals surface area (Å²) in [5.74, 6) is -3.90. The van der Waals surface area contributed by atoms with Gasteiger partial charge in [-0.25, -0.2) is 8.78 Å². The smallest absolute Gasteiger partial charge is 0.487 e. The summed E-state index contributed by atoms with van der Waals surface area (Å²) in [5.41, 5.74) is -0.965. The van der Waals surface area contributed by atoms with Gasteiger partial charge in [0, 0.05) is 17.2 Å². The topological polar surface area (TPSA) is 37.3 Å². The number of carboxylic acid groups (broad SMARTS) is 1. The molecule has 0 saturated heterocycles. The van der Waals surface area contributed by atoms with E-state index in [1.54, 1.807) is 0 Å². The molecule has 1 aromatic carbocycles. The Morgan fingerprint density at radius 3 is 2.42 bits per heavy atom. The normalized spacial score (nSPS) is 8.83. The van der Waals surface area contributed by atoms with E-state index in [4.69, 9.17) is 5.11 Å². The van der Waals surface area contributed by atoms with Crippen molar-refractivity contribution in [3.63, 3.8) is 0 Å². The molecule has 1 aromatic rings. The molecule has 1 rings (SSSR count). The number of carboxylic acids is 1. The first-order valence-electron chi connectivity index (χ1n) is 2.72. The average molecular weight is 196 g/mol. The monoisotopic (exact) mass is 196 g/mol. The summed E-state index contributed by atoms with van der Waals surface area (Å²) in [4.78, 5) is 10.1. The first kappa shape index (κ1) is 12.2. The minimum absolute atomic E-state index is 0. The summed E-state index contributed by atoms with van der Waals surface area (Å²) >= 11 is 0. The van der Waals surface area contributed by atoms with Gasteiger partial charge in [0.1, 0.15) is 0 Å². The Morgan fingerprint density at radius 1 is 1.50 bits per heavy atom. The van der Waals surface area contributed by atoms with Crippen LogP contribution in [0.25, 0.3) is 0 Å². The molecule has 0 fully saturated rings. The van der Waals surface area contributed by atoms with E-state index in [0.717, 1.165) is 12.1 Å². The third kappa shape index (κ3) is 2.60. The van der Waals surface area contributed by atoms with Crippen LogP contribution in [0.5, 0.6) is 0 Å². The van der Waals surface area contributed by atoms with Gasteiger partial charge in [-0.15, -0.1) is 12.1 Å². The largest absolute Gasteiger partial charge is 1.00 e. The second-order valence-corrected chi connectivity index (χ2v) is 1.82. The Hall–Kier alpha value is 0.186. The van der Waals surface area contributed by atoms with Crippen LogP contribution in [0.2, 0.25) is 0 Å². The van der Waals surface area contributed by atoms with Crippen molar-refractivity contribution in [2.45, 2.75) is 0 Å². The van der Waals surface area contributed by atoms with Gasteiger partial charge in [-0.2, -0.15) is 6.07 Å². The third-order valence-corrected chi connectivity index (χ3v) is 1.11. The van der Waals surface area contributed by atoms with Crippen LogP contribution in [0.15, 0.2) is 12.1 Å². The molecule has 0 bridgehead atoms. The summed E-state index contributed by atoms with van der Waals surface area (Å²) in [6, 6.07) is 3.76. The van der Waals surface area contributed by atoms with E-state index in [1.807, 2.05) is 6.07 Å². The third-order valence-electron chi connectivity index (χ3n) is 1.11. The Bertz CT molecular complexity index is 281. The second-order valence-electron chi connectivity index (χ2n) is 1.82. The van der Waals surface area contributed by atoms with E-state index in [-0.39, 0.29) is 51.4 Å². The standard InChI is InChI=1S/C7H3F2O2.K/c8-4-2-1-3-5(9)6(4)7(10)11;/h1-2H,(H,10,11);/q-1;+1. The summed E-state index contributed by atoms with van der Waals surface area (Å²) in [6.45, 7) is 0. The van der Waals surface area contributed by atoms with Crippen LogP contribution in [0, 0.1) is 17.7 Å². The molecule has 2 nitrogen and oxygen atoms in total. The van der Waals surface area contributed by atoms with Crippen molar-refractivity contribution in [2.24, 2.45) is 0 Å². The molecule has 0 amide bonds. The molecule has 58 valence electrons. The van der Waals surface area contributed by atoms with Crippen LogP contribution in [-0.4, -0.2) is 11.1 Å².